The molecule has 0 spiro atoms. The second-order valence-electron chi connectivity index (χ2n) is 7.98. The Labute approximate surface area is 181 Å². The van der Waals surface area contributed by atoms with E-state index in [0.717, 1.165) is 43.7 Å². The molecule has 160 valence electrons. The number of amides is 1. The lowest BCUT2D eigenvalue weighted by Gasteiger charge is -2.35. The van der Waals surface area contributed by atoms with Gasteiger partial charge >= 0.3 is 0 Å². The molecular weight excluding hydrogens is 405 g/mol. The van der Waals surface area contributed by atoms with Gasteiger partial charge in [0.1, 0.15) is 11.0 Å². The average molecular weight is 432 g/mol. The number of anilines is 2. The third-order valence-electron chi connectivity index (χ3n) is 5.89. The van der Waals surface area contributed by atoms with Crippen molar-refractivity contribution in [1.29, 1.82) is 0 Å². The number of aryl methyl sites for hydroxylation is 1. The van der Waals surface area contributed by atoms with E-state index >= 15 is 0 Å². The topological polar surface area (TPSA) is 60.5 Å². The number of fused-ring (bicyclic) bond motifs is 1. The summed E-state index contributed by atoms with van der Waals surface area (Å²) >= 11 is 6.03. The van der Waals surface area contributed by atoms with E-state index in [-0.39, 0.29) is 18.3 Å². The van der Waals surface area contributed by atoms with E-state index in [2.05, 4.69) is 20.5 Å². The summed E-state index contributed by atoms with van der Waals surface area (Å²) in [5, 5.41) is 7.02. The van der Waals surface area contributed by atoms with E-state index < -0.39 is 0 Å². The van der Waals surface area contributed by atoms with Gasteiger partial charge in [-0.25, -0.2) is 9.37 Å². The predicted molar refractivity (Wildman–Crippen MR) is 118 cm³/mol. The number of nitrogens with zero attached hydrogens (tertiary/aromatic N) is 3. The largest absolute Gasteiger partial charge is 0.373 e. The van der Waals surface area contributed by atoms with E-state index in [1.807, 2.05) is 18.2 Å². The number of piperidine rings is 1. The summed E-state index contributed by atoms with van der Waals surface area (Å²) in [7, 11) is 0. The smallest absolute Gasteiger partial charge is 0.247 e. The van der Waals surface area contributed by atoms with Gasteiger partial charge in [-0.15, -0.1) is 0 Å². The maximum Gasteiger partial charge on any atom is 0.247 e. The Hall–Kier alpha value is -2.22. The zero-order chi connectivity index (χ0) is 21.1. The maximum absolute atomic E-state index is 13.7. The van der Waals surface area contributed by atoms with E-state index in [0.29, 0.717) is 35.7 Å². The summed E-state index contributed by atoms with van der Waals surface area (Å²) in [5.41, 5.74) is 2.49. The van der Waals surface area contributed by atoms with Crippen LogP contribution in [0.5, 0.6) is 0 Å². The van der Waals surface area contributed by atoms with Crippen molar-refractivity contribution in [2.24, 2.45) is 0 Å². The number of benzene rings is 1. The standard InChI is InChI=1S/C22H27ClFN5O/c1-15-2-3-16(12-18(15)24)13-25-17-6-8-28(9-7-17)10-11-29-21(30)14-26-19-4-5-20(23)27-22(19)29/h2-5,12,17,25-26H,6-11,13-14H2,1H3. The summed E-state index contributed by atoms with van der Waals surface area (Å²) < 4.78 is 13.7. The van der Waals surface area contributed by atoms with Gasteiger partial charge < -0.3 is 15.5 Å². The van der Waals surface area contributed by atoms with Gasteiger partial charge in [0.2, 0.25) is 5.91 Å². The van der Waals surface area contributed by atoms with Crippen LogP contribution in [-0.4, -0.2) is 54.6 Å². The quantitative estimate of drug-likeness (QED) is 0.688. The second kappa shape index (κ2) is 9.29. The molecule has 0 bridgehead atoms. The number of aromatic nitrogens is 1. The van der Waals surface area contributed by atoms with Crippen molar-refractivity contribution in [3.63, 3.8) is 0 Å². The monoisotopic (exact) mass is 431 g/mol. The van der Waals surface area contributed by atoms with Crippen LogP contribution >= 0.6 is 11.6 Å². The zero-order valence-electron chi connectivity index (χ0n) is 17.1. The molecule has 8 heteroatoms. The Kier molecular flexibility index (Phi) is 6.51. The molecule has 1 aromatic carbocycles. The van der Waals surface area contributed by atoms with Gasteiger partial charge in [-0.1, -0.05) is 23.7 Å². The highest BCUT2D eigenvalue weighted by molar-refractivity contribution is 6.29. The number of nitrogens with one attached hydrogen (secondary N) is 2. The van der Waals surface area contributed by atoms with Gasteiger partial charge in [0, 0.05) is 25.7 Å². The van der Waals surface area contributed by atoms with E-state index in [9.17, 15) is 9.18 Å². The van der Waals surface area contributed by atoms with E-state index in [1.165, 1.54) is 0 Å². The minimum Gasteiger partial charge on any atom is -0.373 e. The van der Waals surface area contributed by atoms with Crippen LogP contribution in [-0.2, 0) is 11.3 Å². The first kappa shape index (κ1) is 21.0. The number of carbonyl (C=O) groups excluding carboxylic acids is 1. The third kappa shape index (κ3) is 4.91. The Morgan fingerprint density at radius 1 is 1.23 bits per heavy atom. The summed E-state index contributed by atoms with van der Waals surface area (Å²) in [6.45, 7) is 6.07. The molecule has 1 fully saturated rings. The fraction of sp³-hybridized carbons (Fsp3) is 0.455. The number of hydrogen-bond donors (Lipinski definition) is 2. The first-order chi connectivity index (χ1) is 14.5. The van der Waals surface area contributed by atoms with Crippen LogP contribution < -0.4 is 15.5 Å². The van der Waals surface area contributed by atoms with Crippen LogP contribution in [0.25, 0.3) is 0 Å². The SMILES string of the molecule is Cc1ccc(CNC2CCN(CCN3C(=O)CNc4ccc(Cl)nc43)CC2)cc1F. The number of pyridine rings is 1. The maximum atomic E-state index is 13.7. The summed E-state index contributed by atoms with van der Waals surface area (Å²) in [5.74, 6) is 0.476. The van der Waals surface area contributed by atoms with Crippen LogP contribution in [0.2, 0.25) is 5.15 Å². The molecular formula is C22H27ClFN5O. The minimum absolute atomic E-state index is 0.0131. The molecule has 2 N–H and O–H groups in total. The molecule has 30 heavy (non-hydrogen) atoms. The van der Waals surface area contributed by atoms with Crippen LogP contribution in [0.4, 0.5) is 15.9 Å². The summed E-state index contributed by atoms with van der Waals surface area (Å²) in [6.07, 6.45) is 2.06. The molecule has 2 aromatic rings. The van der Waals surface area contributed by atoms with Crippen molar-refractivity contribution >= 4 is 29.0 Å². The van der Waals surface area contributed by atoms with Gasteiger partial charge in [0.25, 0.3) is 0 Å². The van der Waals surface area contributed by atoms with Gasteiger partial charge in [-0.3, -0.25) is 9.69 Å². The highest BCUT2D eigenvalue weighted by atomic mass is 35.5. The molecule has 3 heterocycles. The Balaban J connectivity index is 1.25. The van der Waals surface area contributed by atoms with Gasteiger partial charge in [-0.2, -0.15) is 0 Å². The first-order valence-corrected chi connectivity index (χ1v) is 10.8. The molecule has 4 rings (SSSR count). The molecule has 0 aliphatic carbocycles. The summed E-state index contributed by atoms with van der Waals surface area (Å²) in [4.78, 5) is 20.8. The molecule has 1 aromatic heterocycles. The van der Waals surface area contributed by atoms with Crippen LogP contribution in [0.15, 0.2) is 30.3 Å². The van der Waals surface area contributed by atoms with Gasteiger partial charge in [0.05, 0.1) is 12.2 Å². The van der Waals surface area contributed by atoms with Gasteiger partial charge in [0.15, 0.2) is 5.82 Å². The fourth-order valence-corrected chi connectivity index (χ4v) is 4.14. The highest BCUT2D eigenvalue weighted by Crippen LogP contribution is 2.28. The molecule has 0 unspecified atom stereocenters. The normalized spacial score (nSPS) is 17.7. The number of carbonyl (C=O) groups is 1. The average Bonchev–Trinajstić information content (AvgIpc) is 2.74. The van der Waals surface area contributed by atoms with Crippen molar-refractivity contribution in [3.8, 4) is 0 Å². The number of hydrogen-bond acceptors (Lipinski definition) is 5. The van der Waals surface area contributed by atoms with Crippen molar-refractivity contribution in [1.82, 2.24) is 15.2 Å². The van der Waals surface area contributed by atoms with E-state index in [4.69, 9.17) is 11.6 Å². The van der Waals surface area contributed by atoms with E-state index in [1.54, 1.807) is 24.0 Å². The Morgan fingerprint density at radius 3 is 2.80 bits per heavy atom. The van der Waals surface area contributed by atoms with Crippen molar-refractivity contribution in [2.75, 3.05) is 42.9 Å². The lowest BCUT2D eigenvalue weighted by molar-refractivity contribution is -0.117. The molecule has 1 saturated heterocycles. The number of halogens is 2. The third-order valence-corrected chi connectivity index (χ3v) is 6.10. The molecule has 6 nitrogen and oxygen atoms in total. The predicted octanol–water partition coefficient (Wildman–Crippen LogP) is 3.20. The number of rotatable bonds is 6. The zero-order valence-corrected chi connectivity index (χ0v) is 17.9. The first-order valence-electron chi connectivity index (χ1n) is 10.4. The fourth-order valence-electron chi connectivity index (χ4n) is 3.99. The van der Waals surface area contributed by atoms with Gasteiger partial charge in [-0.05, 0) is 62.2 Å². The highest BCUT2D eigenvalue weighted by Gasteiger charge is 2.27. The lowest BCUT2D eigenvalue weighted by Crippen LogP contribution is -2.47. The van der Waals surface area contributed by atoms with Crippen LogP contribution in [0.3, 0.4) is 0 Å². The second-order valence-corrected chi connectivity index (χ2v) is 8.37. The molecule has 0 atom stereocenters. The van der Waals surface area contributed by atoms with Crippen LogP contribution in [0, 0.1) is 12.7 Å². The van der Waals surface area contributed by atoms with Crippen molar-refractivity contribution in [3.05, 3.63) is 52.4 Å². The lowest BCUT2D eigenvalue weighted by atomic mass is 10.0. The molecule has 2 aliphatic rings. The van der Waals surface area contributed by atoms with Crippen LogP contribution in [0.1, 0.15) is 24.0 Å². The van der Waals surface area contributed by atoms with Crippen molar-refractivity contribution < 1.29 is 9.18 Å². The molecule has 1 amide bonds. The molecule has 0 saturated carbocycles. The minimum atomic E-state index is -0.149. The van der Waals surface area contributed by atoms with Crippen molar-refractivity contribution in [2.45, 2.75) is 32.4 Å². The Bertz CT molecular complexity index is 916. The molecule has 2 aliphatic heterocycles. The Morgan fingerprint density at radius 2 is 2.03 bits per heavy atom. The number of likely N-dealkylation sites (tertiary alicyclic amines) is 1. The summed E-state index contributed by atoms with van der Waals surface area (Å²) in [6, 6.07) is 9.42. The molecule has 0 radical (unpaired) electrons.